The summed E-state index contributed by atoms with van der Waals surface area (Å²) in [6.45, 7) is 4.77. The fraction of sp³-hybridized carbons (Fsp3) is 0.304. The molecular weight excluding hydrogens is 398 g/mol. The maximum atomic E-state index is 12.6. The van der Waals surface area contributed by atoms with Gasteiger partial charge in [-0.15, -0.1) is 23.1 Å². The number of rotatable bonds is 7. The fourth-order valence-electron chi connectivity index (χ4n) is 3.54. The second-order valence-corrected chi connectivity index (χ2v) is 9.29. The number of hydrogen-bond donors (Lipinski definition) is 1. The Hall–Kier alpha value is -2.31. The van der Waals surface area contributed by atoms with Crippen LogP contribution in [0, 0.1) is 6.92 Å². The molecule has 1 aliphatic heterocycles. The van der Waals surface area contributed by atoms with Crippen LogP contribution in [0.25, 0.3) is 0 Å². The summed E-state index contributed by atoms with van der Waals surface area (Å²) in [5.41, 5.74) is 4.22. The zero-order valence-corrected chi connectivity index (χ0v) is 18.2. The lowest BCUT2D eigenvalue weighted by atomic mass is 10.1. The molecule has 29 heavy (non-hydrogen) atoms. The molecule has 0 saturated carbocycles. The Labute approximate surface area is 180 Å². The van der Waals surface area contributed by atoms with Crippen LogP contribution < -0.4 is 10.2 Å². The molecule has 1 N–H and O–H groups in total. The maximum Gasteiger partial charge on any atom is 0.251 e. The number of hydrogen-bond acceptors (Lipinski definition) is 5. The predicted octanol–water partition coefficient (Wildman–Crippen LogP) is 5.27. The number of benzene rings is 2. The molecule has 0 spiro atoms. The number of carbonyl (C=O) groups excluding carboxylic acids is 1. The van der Waals surface area contributed by atoms with Gasteiger partial charge in [0, 0.05) is 46.9 Å². The highest BCUT2D eigenvalue weighted by Gasteiger charge is 2.15. The summed E-state index contributed by atoms with van der Waals surface area (Å²) in [5.74, 6) is 0.816. The van der Waals surface area contributed by atoms with Crippen LogP contribution >= 0.6 is 23.1 Å². The summed E-state index contributed by atoms with van der Waals surface area (Å²) < 4.78 is 0. The van der Waals surface area contributed by atoms with Gasteiger partial charge in [0.1, 0.15) is 0 Å². The molecule has 0 atom stereocenters. The van der Waals surface area contributed by atoms with Crippen molar-refractivity contribution in [3.05, 3.63) is 75.7 Å². The highest BCUT2D eigenvalue weighted by Crippen LogP contribution is 2.25. The topological polar surface area (TPSA) is 45.2 Å². The smallest absolute Gasteiger partial charge is 0.251 e. The molecule has 150 valence electrons. The molecule has 2 aromatic carbocycles. The van der Waals surface area contributed by atoms with Gasteiger partial charge in [-0.2, -0.15) is 0 Å². The summed E-state index contributed by atoms with van der Waals surface area (Å²) in [6.07, 6.45) is 2.49. The van der Waals surface area contributed by atoms with Crippen LogP contribution in [0.4, 0.5) is 5.69 Å². The highest BCUT2D eigenvalue weighted by molar-refractivity contribution is 7.98. The van der Waals surface area contributed by atoms with Crippen molar-refractivity contribution in [1.82, 2.24) is 10.3 Å². The lowest BCUT2D eigenvalue weighted by Crippen LogP contribution is -2.25. The quantitative estimate of drug-likeness (QED) is 0.526. The minimum absolute atomic E-state index is 0.0344. The first kappa shape index (κ1) is 20.0. The molecule has 4 nitrogen and oxygen atoms in total. The third-order valence-corrected chi connectivity index (χ3v) is 6.92. The van der Waals surface area contributed by atoms with Crippen molar-refractivity contribution < 1.29 is 4.79 Å². The summed E-state index contributed by atoms with van der Waals surface area (Å²) in [4.78, 5) is 20.7. The van der Waals surface area contributed by atoms with Gasteiger partial charge in [0.25, 0.3) is 5.91 Å². The minimum atomic E-state index is -0.0344. The van der Waals surface area contributed by atoms with Gasteiger partial charge in [0.05, 0.1) is 10.7 Å². The normalized spacial score (nSPS) is 13.6. The first-order valence-corrected chi connectivity index (χ1v) is 11.8. The fourth-order valence-corrected chi connectivity index (χ4v) is 5.05. The number of anilines is 1. The lowest BCUT2D eigenvalue weighted by molar-refractivity contribution is 0.0951. The van der Waals surface area contributed by atoms with Gasteiger partial charge >= 0.3 is 0 Å². The van der Waals surface area contributed by atoms with E-state index < -0.39 is 0 Å². The molecule has 0 radical (unpaired) electrons. The van der Waals surface area contributed by atoms with Gasteiger partial charge in [-0.3, -0.25) is 4.79 Å². The van der Waals surface area contributed by atoms with Crippen molar-refractivity contribution in [2.24, 2.45) is 0 Å². The van der Waals surface area contributed by atoms with E-state index in [1.54, 1.807) is 23.1 Å². The Morgan fingerprint density at radius 3 is 2.62 bits per heavy atom. The van der Waals surface area contributed by atoms with E-state index in [4.69, 9.17) is 0 Å². The van der Waals surface area contributed by atoms with Crippen LogP contribution in [-0.2, 0) is 12.3 Å². The van der Waals surface area contributed by atoms with Crippen molar-refractivity contribution in [2.75, 3.05) is 18.0 Å². The molecule has 1 amide bonds. The van der Waals surface area contributed by atoms with Crippen LogP contribution in [0.3, 0.4) is 0 Å². The van der Waals surface area contributed by atoms with E-state index in [0.717, 1.165) is 34.4 Å². The lowest BCUT2D eigenvalue weighted by Gasteiger charge is -2.21. The molecule has 1 fully saturated rings. The van der Waals surface area contributed by atoms with Crippen LogP contribution in [-0.4, -0.2) is 24.0 Å². The van der Waals surface area contributed by atoms with Gasteiger partial charge in [-0.05, 0) is 55.7 Å². The van der Waals surface area contributed by atoms with Crippen LogP contribution in [0.1, 0.15) is 39.5 Å². The van der Waals surface area contributed by atoms with Crippen molar-refractivity contribution in [3.8, 4) is 0 Å². The van der Waals surface area contributed by atoms with Crippen molar-refractivity contribution in [3.63, 3.8) is 0 Å². The average molecular weight is 424 g/mol. The van der Waals surface area contributed by atoms with Gasteiger partial charge < -0.3 is 10.2 Å². The number of para-hydroxylation sites is 1. The first-order valence-electron chi connectivity index (χ1n) is 9.94. The van der Waals surface area contributed by atoms with Gasteiger partial charge in [0.15, 0.2) is 0 Å². The monoisotopic (exact) mass is 423 g/mol. The van der Waals surface area contributed by atoms with Crippen molar-refractivity contribution in [2.45, 2.75) is 37.0 Å². The molecule has 0 unspecified atom stereocenters. The Kier molecular flexibility index (Phi) is 6.52. The van der Waals surface area contributed by atoms with Crippen molar-refractivity contribution in [1.29, 1.82) is 0 Å². The number of amides is 1. The van der Waals surface area contributed by atoms with Crippen LogP contribution in [0.15, 0.2) is 58.8 Å². The molecule has 1 aliphatic rings. The largest absolute Gasteiger partial charge is 0.371 e. The number of thiazole rings is 1. The zero-order valence-electron chi connectivity index (χ0n) is 16.6. The molecular formula is C23H25N3OS2. The Morgan fingerprint density at radius 2 is 1.90 bits per heavy atom. The van der Waals surface area contributed by atoms with Crippen LogP contribution in [0.2, 0.25) is 0 Å². The van der Waals surface area contributed by atoms with E-state index in [1.807, 2.05) is 37.3 Å². The molecule has 4 rings (SSSR count). The maximum absolute atomic E-state index is 12.6. The second-order valence-electron chi connectivity index (χ2n) is 7.18. The Bertz CT molecular complexity index is 962. The van der Waals surface area contributed by atoms with E-state index in [0.29, 0.717) is 12.1 Å². The summed E-state index contributed by atoms with van der Waals surface area (Å²) in [6, 6.07) is 16.2. The van der Waals surface area contributed by atoms with E-state index in [-0.39, 0.29) is 5.91 Å². The average Bonchev–Trinajstić information content (AvgIpc) is 3.43. The molecule has 1 aromatic heterocycles. The van der Waals surface area contributed by atoms with Crippen molar-refractivity contribution >= 4 is 34.7 Å². The predicted molar refractivity (Wildman–Crippen MR) is 122 cm³/mol. The standard InChI is InChI=1S/C23H25N3OS2/c1-17-25-20(15-28-17)16-29-21-10-8-18(9-11-21)23(27)24-14-19-6-2-3-7-22(19)26-12-4-5-13-26/h2-3,6-11,15H,4-5,12-14,16H2,1H3,(H,24,27). The summed E-state index contributed by atoms with van der Waals surface area (Å²) >= 11 is 3.42. The minimum Gasteiger partial charge on any atom is -0.371 e. The number of thioether (sulfide) groups is 1. The highest BCUT2D eigenvalue weighted by atomic mass is 32.2. The van der Waals surface area contributed by atoms with E-state index >= 15 is 0 Å². The molecule has 2 heterocycles. The number of aryl methyl sites for hydroxylation is 1. The number of carbonyl (C=O) groups is 1. The summed E-state index contributed by atoms with van der Waals surface area (Å²) in [7, 11) is 0. The molecule has 0 aliphatic carbocycles. The Morgan fingerprint density at radius 1 is 1.14 bits per heavy atom. The number of nitrogens with one attached hydrogen (secondary N) is 1. The molecule has 0 bridgehead atoms. The van der Waals surface area contributed by atoms with E-state index in [1.165, 1.54) is 24.1 Å². The third kappa shape index (κ3) is 5.19. The molecule has 1 saturated heterocycles. The van der Waals surface area contributed by atoms with Crippen LogP contribution in [0.5, 0.6) is 0 Å². The zero-order chi connectivity index (χ0) is 20.1. The van der Waals surface area contributed by atoms with Gasteiger partial charge in [-0.1, -0.05) is 18.2 Å². The van der Waals surface area contributed by atoms with E-state index in [2.05, 4.69) is 38.8 Å². The summed E-state index contributed by atoms with van der Waals surface area (Å²) in [5, 5.41) is 6.28. The molecule has 3 aromatic rings. The number of nitrogens with zero attached hydrogens (tertiary/aromatic N) is 2. The van der Waals surface area contributed by atoms with E-state index in [9.17, 15) is 4.79 Å². The third-order valence-electron chi connectivity index (χ3n) is 5.05. The second kappa shape index (κ2) is 9.46. The SMILES string of the molecule is Cc1nc(CSc2ccc(C(=O)NCc3ccccc3N3CCCC3)cc2)cs1. The Balaban J connectivity index is 1.33. The number of aromatic nitrogens is 1. The van der Waals surface area contributed by atoms with Gasteiger partial charge in [0.2, 0.25) is 0 Å². The molecule has 6 heteroatoms. The van der Waals surface area contributed by atoms with Gasteiger partial charge in [-0.25, -0.2) is 4.98 Å². The first-order chi connectivity index (χ1) is 14.2.